The van der Waals surface area contributed by atoms with Crippen LogP contribution < -0.4 is 5.73 Å². The third kappa shape index (κ3) is 3.43. The van der Waals surface area contributed by atoms with E-state index >= 15 is 0 Å². The molecule has 0 aliphatic heterocycles. The maximum Gasteiger partial charge on any atom is 0.0962 e. The lowest BCUT2D eigenvalue weighted by Crippen LogP contribution is -2.44. The van der Waals surface area contributed by atoms with Crippen LogP contribution in [0.2, 0.25) is 0 Å². The van der Waals surface area contributed by atoms with Gasteiger partial charge in [-0.1, -0.05) is 13.8 Å². The third-order valence-corrected chi connectivity index (χ3v) is 4.69. The van der Waals surface area contributed by atoms with Gasteiger partial charge in [0.05, 0.1) is 18.8 Å². The van der Waals surface area contributed by atoms with Crippen LogP contribution in [-0.4, -0.2) is 30.0 Å². The van der Waals surface area contributed by atoms with Crippen LogP contribution >= 0.6 is 0 Å². The summed E-state index contributed by atoms with van der Waals surface area (Å²) in [5, 5.41) is 9.42. The van der Waals surface area contributed by atoms with Gasteiger partial charge in [0.25, 0.3) is 0 Å². The Morgan fingerprint density at radius 1 is 1.18 bits per heavy atom. The Bertz CT molecular complexity index is 242. The Hall–Kier alpha value is -0.120. The zero-order chi connectivity index (χ0) is 12.4. The van der Waals surface area contributed by atoms with Crippen LogP contribution in [0.5, 0.6) is 0 Å². The minimum absolute atomic E-state index is 0.0367. The zero-order valence-corrected chi connectivity index (χ0v) is 11.1. The molecule has 17 heavy (non-hydrogen) atoms. The Morgan fingerprint density at radius 2 is 1.88 bits per heavy atom. The number of aliphatic hydroxyl groups is 1. The monoisotopic (exact) mass is 241 g/mol. The molecule has 5 atom stereocenters. The minimum Gasteiger partial charge on any atom is -0.394 e. The quantitative estimate of drug-likeness (QED) is 0.773. The normalized spacial score (nSPS) is 37.8. The van der Waals surface area contributed by atoms with Crippen molar-refractivity contribution in [2.45, 2.75) is 64.2 Å². The average Bonchev–Trinajstić information content (AvgIpc) is 3.13. The van der Waals surface area contributed by atoms with Crippen LogP contribution in [0.3, 0.4) is 0 Å². The Morgan fingerprint density at radius 3 is 2.41 bits per heavy atom. The van der Waals surface area contributed by atoms with Crippen molar-refractivity contribution in [2.75, 3.05) is 6.61 Å². The van der Waals surface area contributed by atoms with E-state index < -0.39 is 0 Å². The second kappa shape index (κ2) is 5.68. The summed E-state index contributed by atoms with van der Waals surface area (Å²) in [5.74, 6) is 2.12. The number of aliphatic hydroxyl groups excluding tert-OH is 1. The highest BCUT2D eigenvalue weighted by Gasteiger charge is 2.36. The van der Waals surface area contributed by atoms with Gasteiger partial charge in [0, 0.05) is 6.04 Å². The molecule has 0 radical (unpaired) electrons. The molecule has 2 fully saturated rings. The van der Waals surface area contributed by atoms with Crippen molar-refractivity contribution in [3.8, 4) is 0 Å². The second-order valence-electron chi connectivity index (χ2n) is 6.16. The van der Waals surface area contributed by atoms with Crippen molar-refractivity contribution in [2.24, 2.45) is 23.5 Å². The molecule has 0 aromatic heterocycles. The predicted molar refractivity (Wildman–Crippen MR) is 68.6 cm³/mol. The van der Waals surface area contributed by atoms with Crippen molar-refractivity contribution in [1.82, 2.24) is 0 Å². The fraction of sp³-hybridized carbons (Fsp3) is 1.00. The number of ether oxygens (including phenoxy) is 1. The molecule has 0 saturated heterocycles. The number of rotatable bonds is 5. The van der Waals surface area contributed by atoms with Gasteiger partial charge >= 0.3 is 0 Å². The van der Waals surface area contributed by atoms with Gasteiger partial charge in [-0.2, -0.15) is 0 Å². The molecule has 0 bridgehead atoms. The van der Waals surface area contributed by atoms with E-state index in [0.717, 1.165) is 24.7 Å². The summed E-state index contributed by atoms with van der Waals surface area (Å²) in [7, 11) is 0. The van der Waals surface area contributed by atoms with Gasteiger partial charge < -0.3 is 15.6 Å². The molecule has 0 heterocycles. The smallest absolute Gasteiger partial charge is 0.0962 e. The van der Waals surface area contributed by atoms with Gasteiger partial charge in [0.1, 0.15) is 0 Å². The highest BCUT2D eigenvalue weighted by atomic mass is 16.5. The third-order valence-electron chi connectivity index (χ3n) is 4.69. The van der Waals surface area contributed by atoms with E-state index in [1.807, 2.05) is 0 Å². The highest BCUT2D eigenvalue weighted by Crippen LogP contribution is 2.36. The zero-order valence-electron chi connectivity index (χ0n) is 11.1. The molecule has 2 rings (SSSR count). The van der Waals surface area contributed by atoms with Crippen LogP contribution in [0, 0.1) is 17.8 Å². The molecule has 0 aromatic rings. The SMILES string of the molecule is CC1CCC(OC(CO)C(N)C2CC2)CC1C. The molecule has 2 aliphatic rings. The molecule has 2 aliphatic carbocycles. The van der Waals surface area contributed by atoms with Crippen molar-refractivity contribution in [3.05, 3.63) is 0 Å². The van der Waals surface area contributed by atoms with E-state index in [4.69, 9.17) is 10.5 Å². The van der Waals surface area contributed by atoms with Crippen molar-refractivity contribution < 1.29 is 9.84 Å². The summed E-state index contributed by atoms with van der Waals surface area (Å²) in [6.07, 6.45) is 6.06. The van der Waals surface area contributed by atoms with Crippen LogP contribution in [-0.2, 0) is 4.74 Å². The van der Waals surface area contributed by atoms with Crippen LogP contribution in [0.4, 0.5) is 0 Å². The van der Waals surface area contributed by atoms with Gasteiger partial charge in [-0.15, -0.1) is 0 Å². The fourth-order valence-electron chi connectivity index (χ4n) is 2.91. The van der Waals surface area contributed by atoms with Gasteiger partial charge in [-0.05, 0) is 49.9 Å². The van der Waals surface area contributed by atoms with Crippen molar-refractivity contribution >= 4 is 0 Å². The summed E-state index contributed by atoms with van der Waals surface area (Å²) >= 11 is 0. The molecule has 5 unspecified atom stereocenters. The first kappa shape index (κ1) is 13.3. The number of hydrogen-bond donors (Lipinski definition) is 2. The molecule has 3 heteroatoms. The summed E-state index contributed by atoms with van der Waals surface area (Å²) in [4.78, 5) is 0. The van der Waals surface area contributed by atoms with Crippen molar-refractivity contribution in [3.63, 3.8) is 0 Å². The molecular formula is C14H27NO2. The lowest BCUT2D eigenvalue weighted by Gasteiger charge is -2.35. The number of hydrogen-bond acceptors (Lipinski definition) is 3. The second-order valence-corrected chi connectivity index (χ2v) is 6.16. The lowest BCUT2D eigenvalue weighted by atomic mass is 9.80. The summed E-state index contributed by atoms with van der Waals surface area (Å²) in [6, 6.07) is 0.0367. The van der Waals surface area contributed by atoms with Crippen LogP contribution in [0.15, 0.2) is 0 Å². The highest BCUT2D eigenvalue weighted by molar-refractivity contribution is 4.90. The molecule has 0 amide bonds. The average molecular weight is 241 g/mol. The van der Waals surface area contributed by atoms with Gasteiger partial charge in [0.2, 0.25) is 0 Å². The van der Waals surface area contributed by atoms with E-state index in [-0.39, 0.29) is 18.8 Å². The standard InChI is InChI=1S/C14H27NO2/c1-9-3-6-12(7-10(9)2)17-13(8-16)14(15)11-4-5-11/h9-14,16H,3-8,15H2,1-2H3. The molecular weight excluding hydrogens is 214 g/mol. The van der Waals surface area contributed by atoms with Gasteiger partial charge in [-0.25, -0.2) is 0 Å². The van der Waals surface area contributed by atoms with Crippen molar-refractivity contribution in [1.29, 1.82) is 0 Å². The largest absolute Gasteiger partial charge is 0.394 e. The molecule has 2 saturated carbocycles. The van der Waals surface area contributed by atoms with Gasteiger partial charge in [0.15, 0.2) is 0 Å². The number of nitrogens with two attached hydrogens (primary N) is 1. The summed E-state index contributed by atoms with van der Waals surface area (Å²) in [6.45, 7) is 4.69. The minimum atomic E-state index is -0.145. The Kier molecular flexibility index (Phi) is 4.45. The van der Waals surface area contributed by atoms with E-state index in [2.05, 4.69) is 13.8 Å². The molecule has 0 aromatic carbocycles. The molecule has 3 nitrogen and oxygen atoms in total. The van der Waals surface area contributed by atoms with E-state index in [1.54, 1.807) is 0 Å². The summed E-state index contributed by atoms with van der Waals surface area (Å²) < 4.78 is 6.05. The first-order chi connectivity index (χ1) is 8.11. The van der Waals surface area contributed by atoms with Crippen LogP contribution in [0.25, 0.3) is 0 Å². The first-order valence-corrected chi connectivity index (χ1v) is 7.13. The van der Waals surface area contributed by atoms with E-state index in [9.17, 15) is 5.11 Å². The first-order valence-electron chi connectivity index (χ1n) is 7.13. The van der Waals surface area contributed by atoms with E-state index in [1.165, 1.54) is 19.3 Å². The molecule has 0 spiro atoms. The molecule has 3 N–H and O–H groups in total. The molecule has 100 valence electrons. The topological polar surface area (TPSA) is 55.5 Å². The Balaban J connectivity index is 1.81. The van der Waals surface area contributed by atoms with Gasteiger partial charge in [-0.3, -0.25) is 0 Å². The lowest BCUT2D eigenvalue weighted by molar-refractivity contribution is -0.0789. The Labute approximate surface area is 105 Å². The van der Waals surface area contributed by atoms with E-state index in [0.29, 0.717) is 12.0 Å². The maximum atomic E-state index is 9.42. The maximum absolute atomic E-state index is 9.42. The fourth-order valence-corrected chi connectivity index (χ4v) is 2.91. The predicted octanol–water partition coefficient (Wildman–Crippen LogP) is 1.93. The van der Waals surface area contributed by atoms with Crippen LogP contribution in [0.1, 0.15) is 46.0 Å². The summed E-state index contributed by atoms with van der Waals surface area (Å²) in [5.41, 5.74) is 6.13.